The molecule has 2 amide bonds. The fourth-order valence-electron chi connectivity index (χ4n) is 2.57. The quantitative estimate of drug-likeness (QED) is 0.872. The summed E-state index contributed by atoms with van der Waals surface area (Å²) in [6.07, 6.45) is -1.26. The number of benzene rings is 1. The minimum Gasteiger partial charge on any atom is -0.530 e. The maximum absolute atomic E-state index is 12.4. The number of carbonyl (C=O) groups is 2. The van der Waals surface area contributed by atoms with Gasteiger partial charge in [-0.2, -0.15) is 0 Å². The molecule has 0 unspecified atom stereocenters. The van der Waals surface area contributed by atoms with Crippen molar-refractivity contribution in [3.63, 3.8) is 0 Å². The van der Waals surface area contributed by atoms with Crippen molar-refractivity contribution in [2.24, 2.45) is 0 Å². The van der Waals surface area contributed by atoms with Gasteiger partial charge >= 0.3 is 0 Å². The summed E-state index contributed by atoms with van der Waals surface area (Å²) in [5.74, 6) is -0.0243. The topological polar surface area (TPSA) is 75.7 Å². The summed E-state index contributed by atoms with van der Waals surface area (Å²) in [5, 5.41) is 14.5. The van der Waals surface area contributed by atoms with Gasteiger partial charge in [-0.1, -0.05) is 0 Å². The number of rotatable bonds is 2. The summed E-state index contributed by atoms with van der Waals surface area (Å²) in [6, 6.07) is 6.63. The van der Waals surface area contributed by atoms with E-state index in [0.717, 1.165) is 13.1 Å². The van der Waals surface area contributed by atoms with Gasteiger partial charge in [-0.25, -0.2) is 0 Å². The number of piperazine rings is 1. The molecule has 1 heterocycles. The molecule has 1 aromatic rings. The molecule has 1 aromatic carbocycles. The van der Waals surface area contributed by atoms with E-state index < -0.39 is 11.6 Å². The second-order valence-electron chi connectivity index (χ2n) is 6.36. The Morgan fingerprint density at radius 1 is 1.14 bits per heavy atom. The lowest BCUT2D eigenvalue weighted by Gasteiger charge is -2.38. The van der Waals surface area contributed by atoms with Crippen LogP contribution in [0.1, 0.15) is 31.1 Å². The van der Waals surface area contributed by atoms with Gasteiger partial charge in [0.15, 0.2) is 0 Å². The Hall–Kier alpha value is -2.08. The Bertz CT molecular complexity index is 543. The third kappa shape index (κ3) is 3.57. The molecule has 120 valence electrons. The Kier molecular flexibility index (Phi) is 4.71. The van der Waals surface area contributed by atoms with Gasteiger partial charge in [0.1, 0.15) is 6.09 Å². The van der Waals surface area contributed by atoms with E-state index in [9.17, 15) is 14.7 Å². The van der Waals surface area contributed by atoms with E-state index in [1.54, 1.807) is 49.9 Å². The number of nitrogens with one attached hydrogen (secondary N) is 1. The van der Waals surface area contributed by atoms with Gasteiger partial charge in [-0.3, -0.25) is 4.79 Å². The van der Waals surface area contributed by atoms with Crippen LogP contribution in [0.5, 0.6) is 0 Å². The van der Waals surface area contributed by atoms with Crippen LogP contribution in [0.3, 0.4) is 0 Å². The van der Waals surface area contributed by atoms with Crippen molar-refractivity contribution in [2.75, 3.05) is 31.1 Å². The van der Waals surface area contributed by atoms with Crippen molar-refractivity contribution in [3.05, 3.63) is 29.8 Å². The lowest BCUT2D eigenvalue weighted by molar-refractivity contribution is -0.247. The van der Waals surface area contributed by atoms with Gasteiger partial charge in [-0.05, 0) is 45.0 Å². The molecule has 22 heavy (non-hydrogen) atoms. The van der Waals surface area contributed by atoms with Crippen molar-refractivity contribution in [2.45, 2.75) is 26.3 Å². The normalized spacial score (nSPS) is 15.5. The molecule has 0 saturated carbocycles. The summed E-state index contributed by atoms with van der Waals surface area (Å²) in [7, 11) is 0. The maximum atomic E-state index is 12.4. The molecule has 1 aliphatic heterocycles. The van der Waals surface area contributed by atoms with Crippen LogP contribution in [0, 0.1) is 0 Å². The smallest absolute Gasteiger partial charge is 0.253 e. The summed E-state index contributed by atoms with van der Waals surface area (Å²) < 4.78 is 0. The van der Waals surface area contributed by atoms with Crippen molar-refractivity contribution in [3.8, 4) is 0 Å². The highest BCUT2D eigenvalue weighted by atomic mass is 16.4. The fraction of sp³-hybridized carbons (Fsp3) is 0.500. The molecule has 1 aliphatic rings. The summed E-state index contributed by atoms with van der Waals surface area (Å²) in [5.41, 5.74) is 0.463. The van der Waals surface area contributed by atoms with E-state index in [1.807, 2.05) is 0 Å². The Morgan fingerprint density at radius 2 is 1.68 bits per heavy atom. The van der Waals surface area contributed by atoms with Gasteiger partial charge in [0.2, 0.25) is 0 Å². The van der Waals surface area contributed by atoms with Crippen LogP contribution in [-0.2, 0) is 0 Å². The summed E-state index contributed by atoms with van der Waals surface area (Å²) >= 11 is 0. The molecule has 1 N–H and O–H groups in total. The van der Waals surface area contributed by atoms with Gasteiger partial charge in [0.05, 0.1) is 0 Å². The summed E-state index contributed by atoms with van der Waals surface area (Å²) in [4.78, 5) is 26.7. The molecule has 0 spiro atoms. The van der Waals surface area contributed by atoms with Gasteiger partial charge in [0.25, 0.3) is 5.91 Å². The number of hydrogen-bond donors (Lipinski definition) is 1. The minimum atomic E-state index is -1.26. The van der Waals surface area contributed by atoms with E-state index in [1.165, 1.54) is 4.90 Å². The van der Waals surface area contributed by atoms with Gasteiger partial charge in [-0.15, -0.1) is 0 Å². The monoisotopic (exact) mass is 304 g/mol. The predicted octanol–water partition coefficient (Wildman–Crippen LogP) is 0.680. The van der Waals surface area contributed by atoms with Crippen LogP contribution in [0.4, 0.5) is 10.5 Å². The standard InChI is InChI=1S/C16H23N3O3/c1-16(2,3)19(15(21)22)13-6-4-12(5-7-13)14(20)18-10-8-17-9-11-18/h4-7,17H,8-11H2,1-3H3,(H,21,22)/p-1. The van der Waals surface area contributed by atoms with Crippen molar-refractivity contribution in [1.29, 1.82) is 0 Å². The first-order chi connectivity index (χ1) is 10.3. The molecular formula is C16H22N3O3-. The largest absolute Gasteiger partial charge is 0.530 e. The number of hydrogen-bond acceptors (Lipinski definition) is 4. The second-order valence-corrected chi connectivity index (χ2v) is 6.36. The molecule has 6 heteroatoms. The predicted molar refractivity (Wildman–Crippen MR) is 82.8 cm³/mol. The van der Waals surface area contributed by atoms with Gasteiger partial charge < -0.3 is 25.0 Å². The average molecular weight is 304 g/mol. The molecule has 6 nitrogen and oxygen atoms in total. The molecular weight excluding hydrogens is 282 g/mol. The number of anilines is 1. The fourth-order valence-corrected chi connectivity index (χ4v) is 2.57. The van der Waals surface area contributed by atoms with Crippen LogP contribution >= 0.6 is 0 Å². The highest BCUT2D eigenvalue weighted by molar-refractivity contribution is 5.95. The third-order valence-electron chi connectivity index (χ3n) is 3.63. The first-order valence-electron chi connectivity index (χ1n) is 7.42. The van der Waals surface area contributed by atoms with E-state index >= 15 is 0 Å². The molecule has 0 radical (unpaired) electrons. The molecule has 0 bridgehead atoms. The number of carbonyl (C=O) groups excluding carboxylic acids is 2. The van der Waals surface area contributed by atoms with Crippen LogP contribution in [0.25, 0.3) is 0 Å². The Morgan fingerprint density at radius 3 is 2.14 bits per heavy atom. The highest BCUT2D eigenvalue weighted by Gasteiger charge is 2.23. The zero-order chi connectivity index (χ0) is 16.3. The van der Waals surface area contributed by atoms with Crippen molar-refractivity contribution in [1.82, 2.24) is 10.2 Å². The summed E-state index contributed by atoms with van der Waals surface area (Å²) in [6.45, 7) is 8.36. The number of amides is 2. The van der Waals surface area contributed by atoms with Crippen molar-refractivity contribution < 1.29 is 14.7 Å². The Balaban J connectivity index is 2.18. The molecule has 1 saturated heterocycles. The minimum absolute atomic E-state index is 0.0243. The lowest BCUT2D eigenvalue weighted by atomic mass is 10.0. The van der Waals surface area contributed by atoms with Crippen LogP contribution in [0.2, 0.25) is 0 Å². The molecule has 2 rings (SSSR count). The van der Waals surface area contributed by atoms with E-state index in [4.69, 9.17) is 0 Å². The van der Waals surface area contributed by atoms with E-state index in [-0.39, 0.29) is 5.91 Å². The molecule has 0 aliphatic carbocycles. The SMILES string of the molecule is CC(C)(C)N(C(=O)[O-])c1ccc(C(=O)N2CCNCC2)cc1. The maximum Gasteiger partial charge on any atom is 0.253 e. The third-order valence-corrected chi connectivity index (χ3v) is 3.63. The average Bonchev–Trinajstić information content (AvgIpc) is 2.46. The zero-order valence-electron chi connectivity index (χ0n) is 13.3. The molecule has 1 fully saturated rings. The van der Waals surface area contributed by atoms with E-state index in [2.05, 4.69) is 5.32 Å². The first kappa shape index (κ1) is 16.3. The number of nitrogens with zero attached hydrogens (tertiary/aromatic N) is 2. The Labute approximate surface area is 130 Å². The van der Waals surface area contributed by atoms with Crippen LogP contribution < -0.4 is 15.3 Å². The molecule has 0 atom stereocenters. The first-order valence-corrected chi connectivity index (χ1v) is 7.42. The van der Waals surface area contributed by atoms with Gasteiger partial charge in [0, 0.05) is 43.0 Å². The number of carboxylic acid groups (broad SMARTS) is 1. The van der Waals surface area contributed by atoms with E-state index in [0.29, 0.717) is 24.3 Å². The van der Waals surface area contributed by atoms with Crippen LogP contribution in [0.15, 0.2) is 24.3 Å². The highest BCUT2D eigenvalue weighted by Crippen LogP contribution is 2.24. The molecule has 0 aromatic heterocycles. The lowest BCUT2D eigenvalue weighted by Crippen LogP contribution is -2.52. The zero-order valence-corrected chi connectivity index (χ0v) is 13.3. The van der Waals surface area contributed by atoms with Crippen molar-refractivity contribution >= 4 is 17.7 Å². The van der Waals surface area contributed by atoms with Crippen LogP contribution in [-0.4, -0.2) is 48.6 Å². The second kappa shape index (κ2) is 6.36.